The van der Waals surface area contributed by atoms with Crippen molar-refractivity contribution in [2.24, 2.45) is 5.92 Å². The largest absolute Gasteiger partial charge is 0.394 e. The van der Waals surface area contributed by atoms with Gasteiger partial charge in [-0.15, -0.1) is 0 Å². The number of nitrogens with zero attached hydrogens (tertiary/aromatic N) is 2. The molecule has 6 heteroatoms. The maximum Gasteiger partial charge on any atom is 0.264 e. The summed E-state index contributed by atoms with van der Waals surface area (Å²) in [4.78, 5) is 18.2. The molecule has 2 heterocycles. The zero-order chi connectivity index (χ0) is 18.5. The first kappa shape index (κ1) is 18.4. The Morgan fingerprint density at radius 3 is 2.54 bits per heavy atom. The lowest BCUT2D eigenvalue weighted by atomic mass is 10.00. The number of aliphatic hydroxyl groups is 1. The second kappa shape index (κ2) is 8.29. The molecule has 1 aromatic carbocycles. The van der Waals surface area contributed by atoms with Crippen molar-refractivity contribution in [3.63, 3.8) is 0 Å². The number of thiazole rings is 1. The molecule has 2 atom stereocenters. The molecule has 0 fully saturated rings. The van der Waals surface area contributed by atoms with Crippen LogP contribution in [0.3, 0.4) is 0 Å². The fraction of sp³-hybridized carbons (Fsp3) is 0.300. The lowest BCUT2D eigenvalue weighted by Gasteiger charge is -2.21. The van der Waals surface area contributed by atoms with E-state index in [2.05, 4.69) is 5.32 Å². The topological polar surface area (TPSA) is 67.2 Å². The summed E-state index contributed by atoms with van der Waals surface area (Å²) < 4.78 is 1.89. The van der Waals surface area contributed by atoms with Crippen LogP contribution < -0.4 is 5.32 Å². The average Bonchev–Trinajstić information content (AvgIpc) is 3.35. The number of rotatable bonds is 7. The highest BCUT2D eigenvalue weighted by Crippen LogP contribution is 2.30. The first-order valence-corrected chi connectivity index (χ1v) is 9.57. The van der Waals surface area contributed by atoms with Gasteiger partial charge in [0.1, 0.15) is 4.88 Å². The van der Waals surface area contributed by atoms with Crippen LogP contribution in [0.15, 0.2) is 54.9 Å². The molecule has 136 valence electrons. The summed E-state index contributed by atoms with van der Waals surface area (Å²) in [7, 11) is 0. The Kier molecular flexibility index (Phi) is 5.85. The Morgan fingerprint density at radius 1 is 1.23 bits per heavy atom. The Hall–Kier alpha value is -2.44. The molecule has 0 saturated carbocycles. The molecule has 0 aliphatic rings. The highest BCUT2D eigenvalue weighted by atomic mass is 32.1. The average molecular weight is 369 g/mol. The fourth-order valence-corrected chi connectivity index (χ4v) is 3.67. The van der Waals surface area contributed by atoms with Gasteiger partial charge in [0.25, 0.3) is 5.91 Å². The molecule has 0 saturated heterocycles. The minimum Gasteiger partial charge on any atom is -0.394 e. The summed E-state index contributed by atoms with van der Waals surface area (Å²) in [6, 6.07) is 13.3. The number of aliphatic hydroxyl groups excluding tert-OH is 1. The quantitative estimate of drug-likeness (QED) is 0.667. The lowest BCUT2D eigenvalue weighted by molar-refractivity contribution is 0.0896. The van der Waals surface area contributed by atoms with Crippen molar-refractivity contribution in [3.8, 4) is 16.4 Å². The van der Waals surface area contributed by atoms with Crippen LogP contribution in [0, 0.1) is 5.92 Å². The molecule has 3 aromatic rings. The molecule has 0 spiro atoms. The molecule has 2 N–H and O–H groups in total. The predicted molar refractivity (Wildman–Crippen MR) is 105 cm³/mol. The van der Waals surface area contributed by atoms with E-state index in [1.54, 1.807) is 0 Å². The van der Waals surface area contributed by atoms with Gasteiger partial charge < -0.3 is 15.0 Å². The van der Waals surface area contributed by atoms with E-state index in [4.69, 9.17) is 4.98 Å². The highest BCUT2D eigenvalue weighted by molar-refractivity contribution is 7.16. The van der Waals surface area contributed by atoms with Crippen LogP contribution in [0.25, 0.3) is 16.4 Å². The second-order valence-corrected chi connectivity index (χ2v) is 7.26. The van der Waals surface area contributed by atoms with Gasteiger partial charge in [-0.25, -0.2) is 4.98 Å². The monoisotopic (exact) mass is 369 g/mol. The molecule has 0 unspecified atom stereocenters. The number of aromatic nitrogens is 2. The molecule has 26 heavy (non-hydrogen) atoms. The Balaban J connectivity index is 1.98. The van der Waals surface area contributed by atoms with Crippen LogP contribution in [0.2, 0.25) is 0 Å². The van der Waals surface area contributed by atoms with Crippen molar-refractivity contribution < 1.29 is 9.90 Å². The standard InChI is InChI=1S/C20H23N3O2S/c1-3-14(2)16(13-24)21-19(25)18-17(15-9-5-4-6-10-15)22-20(26-18)23-11-7-8-12-23/h4-12,14,16,24H,3,13H2,1-2H3,(H,21,25)/t14-,16-/m1/s1. The third-order valence-electron chi connectivity index (χ3n) is 4.54. The van der Waals surface area contributed by atoms with E-state index in [1.807, 2.05) is 73.3 Å². The molecule has 0 aliphatic carbocycles. The normalized spacial score (nSPS) is 13.3. The predicted octanol–water partition coefficient (Wildman–Crippen LogP) is 3.74. The third kappa shape index (κ3) is 3.86. The van der Waals surface area contributed by atoms with Gasteiger partial charge in [-0.2, -0.15) is 0 Å². The van der Waals surface area contributed by atoms with Crippen LogP contribution in [0.1, 0.15) is 29.9 Å². The Bertz CT molecular complexity index is 843. The zero-order valence-electron chi connectivity index (χ0n) is 14.9. The van der Waals surface area contributed by atoms with Crippen molar-refractivity contribution in [1.29, 1.82) is 0 Å². The molecule has 2 aromatic heterocycles. The number of amides is 1. The second-order valence-electron chi connectivity index (χ2n) is 6.28. The first-order chi connectivity index (χ1) is 12.6. The van der Waals surface area contributed by atoms with Crippen LogP contribution in [0.5, 0.6) is 0 Å². The van der Waals surface area contributed by atoms with E-state index in [-0.39, 0.29) is 24.5 Å². The zero-order valence-corrected chi connectivity index (χ0v) is 15.7. The number of benzene rings is 1. The molecule has 0 aliphatic heterocycles. The summed E-state index contributed by atoms with van der Waals surface area (Å²) in [6.45, 7) is 3.99. The molecule has 3 rings (SSSR count). The Morgan fingerprint density at radius 2 is 1.92 bits per heavy atom. The maximum atomic E-state index is 13.0. The Labute approximate surface area is 157 Å². The number of hydrogen-bond acceptors (Lipinski definition) is 4. The molecular weight excluding hydrogens is 346 g/mol. The van der Waals surface area contributed by atoms with E-state index in [1.165, 1.54) is 11.3 Å². The maximum absolute atomic E-state index is 13.0. The van der Waals surface area contributed by atoms with Crippen molar-refractivity contribution in [3.05, 3.63) is 59.7 Å². The smallest absolute Gasteiger partial charge is 0.264 e. The van der Waals surface area contributed by atoms with Crippen molar-refractivity contribution in [1.82, 2.24) is 14.9 Å². The van der Waals surface area contributed by atoms with E-state index in [0.29, 0.717) is 10.6 Å². The lowest BCUT2D eigenvalue weighted by Crippen LogP contribution is -2.41. The number of hydrogen-bond donors (Lipinski definition) is 2. The van der Waals surface area contributed by atoms with Crippen molar-refractivity contribution in [2.75, 3.05) is 6.61 Å². The van der Waals surface area contributed by atoms with E-state index >= 15 is 0 Å². The third-order valence-corrected chi connectivity index (χ3v) is 5.61. The van der Waals surface area contributed by atoms with Gasteiger partial charge >= 0.3 is 0 Å². The van der Waals surface area contributed by atoms with Gasteiger partial charge in [-0.1, -0.05) is 61.9 Å². The molecule has 0 radical (unpaired) electrons. The van der Waals surface area contributed by atoms with Crippen molar-refractivity contribution >= 4 is 17.2 Å². The van der Waals surface area contributed by atoms with Gasteiger partial charge in [0, 0.05) is 18.0 Å². The number of carbonyl (C=O) groups is 1. The van der Waals surface area contributed by atoms with E-state index < -0.39 is 0 Å². The van der Waals surface area contributed by atoms with Gasteiger partial charge in [-0.05, 0) is 18.1 Å². The van der Waals surface area contributed by atoms with Crippen molar-refractivity contribution in [2.45, 2.75) is 26.3 Å². The molecule has 1 amide bonds. The summed E-state index contributed by atoms with van der Waals surface area (Å²) in [6.07, 6.45) is 4.70. The van der Waals surface area contributed by atoms with Gasteiger partial charge in [-0.3, -0.25) is 4.79 Å². The van der Waals surface area contributed by atoms with E-state index in [0.717, 1.165) is 17.1 Å². The molecule has 5 nitrogen and oxygen atoms in total. The van der Waals surface area contributed by atoms with Crippen LogP contribution in [-0.4, -0.2) is 33.2 Å². The fourth-order valence-electron chi connectivity index (χ4n) is 2.71. The summed E-state index contributed by atoms with van der Waals surface area (Å²) in [5.41, 5.74) is 1.56. The molecule has 0 bridgehead atoms. The van der Waals surface area contributed by atoms with Crippen LogP contribution >= 0.6 is 11.3 Å². The van der Waals surface area contributed by atoms with Gasteiger partial charge in [0.2, 0.25) is 0 Å². The van der Waals surface area contributed by atoms with Gasteiger partial charge in [0.15, 0.2) is 5.13 Å². The summed E-state index contributed by atoms with van der Waals surface area (Å²) in [5, 5.41) is 13.3. The van der Waals surface area contributed by atoms with Gasteiger partial charge in [0.05, 0.1) is 18.3 Å². The molecular formula is C20H23N3O2S. The summed E-state index contributed by atoms with van der Waals surface area (Å²) in [5.74, 6) is 0.0000695. The van der Waals surface area contributed by atoms with E-state index in [9.17, 15) is 9.90 Å². The summed E-state index contributed by atoms with van der Waals surface area (Å²) >= 11 is 1.35. The minimum absolute atomic E-state index is 0.0787. The SMILES string of the molecule is CC[C@@H](C)[C@@H](CO)NC(=O)c1sc(-n2cccc2)nc1-c1ccccc1. The van der Waals surface area contributed by atoms with Crippen LogP contribution in [0.4, 0.5) is 0 Å². The first-order valence-electron chi connectivity index (χ1n) is 8.75. The minimum atomic E-state index is -0.270. The van der Waals surface area contributed by atoms with Crippen LogP contribution in [-0.2, 0) is 0 Å². The highest BCUT2D eigenvalue weighted by Gasteiger charge is 2.24. The number of carbonyl (C=O) groups excluding carboxylic acids is 1. The number of nitrogens with one attached hydrogen (secondary N) is 1.